The number of aromatic amines is 1. The Labute approximate surface area is 237 Å². The zero-order valence-corrected chi connectivity index (χ0v) is 23.7. The lowest BCUT2D eigenvalue weighted by Gasteiger charge is -2.32. The van der Waals surface area contributed by atoms with Crippen LogP contribution in [-0.4, -0.2) is 57.4 Å². The number of nitrogens with one attached hydrogen (secondary N) is 1. The maximum atomic E-state index is 14.1. The van der Waals surface area contributed by atoms with Gasteiger partial charge < -0.3 is 19.4 Å². The molecule has 1 amide bonds. The number of amides is 1. The molecular formula is C32H33N5O4. The molecular weight excluding hydrogens is 518 g/mol. The zero-order chi connectivity index (χ0) is 28.7. The van der Waals surface area contributed by atoms with Crippen molar-refractivity contribution in [3.05, 3.63) is 94.0 Å². The minimum Gasteiger partial charge on any atom is -0.497 e. The summed E-state index contributed by atoms with van der Waals surface area (Å²) in [5.74, 6) is 1.19. The second-order valence-electron chi connectivity index (χ2n) is 10.5. The molecule has 9 nitrogen and oxygen atoms in total. The maximum absolute atomic E-state index is 14.1. The number of methoxy groups -OCH3 is 2. The number of carbonyl (C=O) groups is 1. The van der Waals surface area contributed by atoms with Gasteiger partial charge in [0.2, 0.25) is 0 Å². The normalized spacial score (nSPS) is 14.0. The monoisotopic (exact) mass is 551 g/mol. The lowest BCUT2D eigenvalue weighted by atomic mass is 10.0. The van der Waals surface area contributed by atoms with Gasteiger partial charge in [-0.2, -0.15) is 5.10 Å². The Kier molecular flexibility index (Phi) is 6.86. The van der Waals surface area contributed by atoms with Gasteiger partial charge in [-0.05, 0) is 68.7 Å². The Hall–Kier alpha value is -4.79. The fourth-order valence-electron chi connectivity index (χ4n) is 5.83. The van der Waals surface area contributed by atoms with Crippen molar-refractivity contribution in [2.75, 3.05) is 27.3 Å². The fraction of sp³-hybridized carbons (Fsp3) is 0.281. The molecule has 0 unspecified atom stereocenters. The van der Waals surface area contributed by atoms with E-state index in [1.54, 1.807) is 18.9 Å². The molecule has 41 heavy (non-hydrogen) atoms. The molecule has 0 aliphatic carbocycles. The van der Waals surface area contributed by atoms with E-state index in [1.807, 2.05) is 84.0 Å². The molecule has 0 atom stereocenters. The molecule has 1 fully saturated rings. The van der Waals surface area contributed by atoms with E-state index < -0.39 is 0 Å². The Morgan fingerprint density at radius 3 is 2.46 bits per heavy atom. The number of carbonyl (C=O) groups excluding carboxylic acids is 1. The number of likely N-dealkylation sites (tertiary alicyclic amines) is 1. The molecule has 0 spiro atoms. The number of imidazole rings is 1. The first-order valence-electron chi connectivity index (χ1n) is 13.8. The molecule has 1 saturated heterocycles. The summed E-state index contributed by atoms with van der Waals surface area (Å²) in [4.78, 5) is 31.7. The third-order valence-corrected chi connectivity index (χ3v) is 7.93. The molecule has 210 valence electrons. The van der Waals surface area contributed by atoms with Crippen LogP contribution < -0.4 is 15.2 Å². The van der Waals surface area contributed by atoms with Crippen LogP contribution in [0.15, 0.2) is 71.5 Å². The largest absolute Gasteiger partial charge is 0.497 e. The van der Waals surface area contributed by atoms with E-state index in [4.69, 9.17) is 14.6 Å². The average Bonchev–Trinajstić information content (AvgIpc) is 3.57. The molecule has 3 aromatic carbocycles. The number of para-hydroxylation sites is 2. The summed E-state index contributed by atoms with van der Waals surface area (Å²) in [6, 6.07) is 21.2. The number of fused-ring (bicyclic) bond motifs is 1. The first-order valence-corrected chi connectivity index (χ1v) is 13.8. The minimum atomic E-state index is -0.109. The van der Waals surface area contributed by atoms with Crippen LogP contribution in [0, 0.1) is 13.8 Å². The quantitative estimate of drug-likeness (QED) is 0.309. The highest BCUT2D eigenvalue weighted by molar-refractivity contribution is 5.95. The van der Waals surface area contributed by atoms with Crippen molar-refractivity contribution in [1.82, 2.24) is 24.2 Å². The van der Waals surface area contributed by atoms with Crippen LogP contribution in [0.1, 0.15) is 40.5 Å². The number of H-pyrrole nitrogens is 1. The van der Waals surface area contributed by atoms with E-state index in [1.165, 1.54) is 0 Å². The summed E-state index contributed by atoms with van der Waals surface area (Å²) in [6.45, 7) is 5.14. The van der Waals surface area contributed by atoms with E-state index in [0.717, 1.165) is 33.4 Å². The highest BCUT2D eigenvalue weighted by Crippen LogP contribution is 2.34. The van der Waals surface area contributed by atoms with Gasteiger partial charge in [0.15, 0.2) is 0 Å². The lowest BCUT2D eigenvalue weighted by molar-refractivity contribution is 0.0685. The van der Waals surface area contributed by atoms with E-state index in [9.17, 15) is 9.59 Å². The Bertz CT molecular complexity index is 1810. The summed E-state index contributed by atoms with van der Waals surface area (Å²) in [6.07, 6.45) is 1.37. The molecule has 5 aromatic rings. The van der Waals surface area contributed by atoms with Gasteiger partial charge in [0, 0.05) is 30.8 Å². The second kappa shape index (κ2) is 10.6. The van der Waals surface area contributed by atoms with Gasteiger partial charge in [-0.25, -0.2) is 9.48 Å². The standard InChI is InChI=1S/C32H33N5O4/c1-20-9-12-27(21(2)17-20)37-29(19-26(34-37)24-11-10-23(40-3)18-30(24)41-4)31(38)35-15-13-22(14-16-35)36-28-8-6-5-7-25(28)33-32(36)39/h5-12,17-19,22H,13-16H2,1-4H3,(H,33,39). The van der Waals surface area contributed by atoms with Gasteiger partial charge >= 0.3 is 5.69 Å². The number of nitrogens with zero attached hydrogens (tertiary/aromatic N) is 4. The van der Waals surface area contributed by atoms with Crippen LogP contribution in [-0.2, 0) is 0 Å². The molecule has 2 aromatic heterocycles. The number of aryl methyl sites for hydroxylation is 2. The summed E-state index contributed by atoms with van der Waals surface area (Å²) in [7, 11) is 3.22. The van der Waals surface area contributed by atoms with Crippen molar-refractivity contribution in [2.24, 2.45) is 0 Å². The first kappa shape index (κ1) is 26.4. The molecule has 0 radical (unpaired) electrons. The number of rotatable bonds is 6. The van der Waals surface area contributed by atoms with Crippen molar-refractivity contribution in [2.45, 2.75) is 32.7 Å². The third kappa shape index (κ3) is 4.77. The molecule has 6 rings (SSSR count). The molecule has 3 heterocycles. The number of aromatic nitrogens is 4. The molecule has 0 bridgehead atoms. The van der Waals surface area contributed by atoms with Gasteiger partial charge in [0.05, 0.1) is 36.6 Å². The highest BCUT2D eigenvalue weighted by atomic mass is 16.5. The van der Waals surface area contributed by atoms with Crippen LogP contribution in [0.25, 0.3) is 28.0 Å². The van der Waals surface area contributed by atoms with Crippen molar-refractivity contribution in [1.29, 1.82) is 0 Å². The first-order chi connectivity index (χ1) is 19.9. The topological polar surface area (TPSA) is 94.4 Å². The van der Waals surface area contributed by atoms with Crippen LogP contribution in [0.4, 0.5) is 0 Å². The predicted molar refractivity (Wildman–Crippen MR) is 158 cm³/mol. The Morgan fingerprint density at radius 1 is 0.951 bits per heavy atom. The molecule has 1 aliphatic rings. The minimum absolute atomic E-state index is 0.0195. The molecule has 1 aliphatic heterocycles. The van der Waals surface area contributed by atoms with Gasteiger partial charge in [-0.15, -0.1) is 0 Å². The highest BCUT2D eigenvalue weighted by Gasteiger charge is 2.30. The van der Waals surface area contributed by atoms with Crippen LogP contribution >= 0.6 is 0 Å². The molecule has 0 saturated carbocycles. The van der Waals surface area contributed by atoms with Crippen LogP contribution in [0.2, 0.25) is 0 Å². The Balaban J connectivity index is 1.34. The van der Waals surface area contributed by atoms with Crippen molar-refractivity contribution < 1.29 is 14.3 Å². The number of benzene rings is 3. The van der Waals surface area contributed by atoms with E-state index in [-0.39, 0.29) is 17.6 Å². The molecule has 9 heteroatoms. The van der Waals surface area contributed by atoms with Gasteiger partial charge in [-0.3, -0.25) is 9.36 Å². The van der Waals surface area contributed by atoms with Crippen molar-refractivity contribution >= 4 is 16.9 Å². The Morgan fingerprint density at radius 2 is 1.73 bits per heavy atom. The summed E-state index contributed by atoms with van der Waals surface area (Å²) < 4.78 is 14.6. The number of hydrogen-bond donors (Lipinski definition) is 1. The second-order valence-corrected chi connectivity index (χ2v) is 10.5. The van der Waals surface area contributed by atoms with Crippen LogP contribution in [0.3, 0.4) is 0 Å². The SMILES string of the molecule is COc1ccc(-c2cc(C(=O)N3CCC(n4c(=O)[nH]c5ccccc54)CC3)n(-c3ccc(C)cc3C)n2)c(OC)c1. The van der Waals surface area contributed by atoms with Crippen molar-refractivity contribution in [3.8, 4) is 28.4 Å². The van der Waals surface area contributed by atoms with Crippen LogP contribution in [0.5, 0.6) is 11.5 Å². The third-order valence-electron chi connectivity index (χ3n) is 7.93. The fourth-order valence-corrected chi connectivity index (χ4v) is 5.83. The van der Waals surface area contributed by atoms with E-state index in [2.05, 4.69) is 11.1 Å². The van der Waals surface area contributed by atoms with E-state index >= 15 is 0 Å². The lowest BCUT2D eigenvalue weighted by Crippen LogP contribution is -2.41. The van der Waals surface area contributed by atoms with Gasteiger partial charge in [0.1, 0.15) is 17.2 Å². The number of ether oxygens (including phenoxy) is 2. The average molecular weight is 552 g/mol. The zero-order valence-electron chi connectivity index (χ0n) is 23.7. The van der Waals surface area contributed by atoms with E-state index in [0.29, 0.717) is 48.8 Å². The van der Waals surface area contributed by atoms with Crippen molar-refractivity contribution in [3.63, 3.8) is 0 Å². The van der Waals surface area contributed by atoms with Gasteiger partial charge in [-0.1, -0.05) is 29.8 Å². The number of hydrogen-bond acceptors (Lipinski definition) is 5. The molecule has 1 N–H and O–H groups in total. The predicted octanol–water partition coefficient (Wildman–Crippen LogP) is 5.29. The summed E-state index contributed by atoms with van der Waals surface area (Å²) in [5, 5.41) is 4.92. The summed E-state index contributed by atoms with van der Waals surface area (Å²) >= 11 is 0. The van der Waals surface area contributed by atoms with Gasteiger partial charge in [0.25, 0.3) is 5.91 Å². The maximum Gasteiger partial charge on any atom is 0.326 e. The number of piperidine rings is 1. The smallest absolute Gasteiger partial charge is 0.326 e. The summed E-state index contributed by atoms with van der Waals surface area (Å²) in [5.41, 5.74) is 6.50.